The molecular weight excluding hydrogens is 435 g/mol. The van der Waals surface area contributed by atoms with Crippen molar-refractivity contribution in [3.8, 4) is 0 Å². The SMILES string of the molecule is C=CCN(C(=O)C(F)(OC(F)(F)C(F)(F)C(F)(F)F)C(F)(F)F)C1CCCCC1. The number of halogens is 11. The number of carbonyl (C=O) groups is 1. The molecule has 1 atom stereocenters. The summed E-state index contributed by atoms with van der Waals surface area (Å²) in [5.74, 6) is -16.2. The number of alkyl halides is 11. The van der Waals surface area contributed by atoms with Crippen LogP contribution < -0.4 is 0 Å². The van der Waals surface area contributed by atoms with E-state index >= 15 is 0 Å². The molecule has 0 heterocycles. The Morgan fingerprint density at radius 2 is 1.38 bits per heavy atom. The molecule has 170 valence electrons. The lowest BCUT2D eigenvalue weighted by molar-refractivity contribution is -0.474. The van der Waals surface area contributed by atoms with Gasteiger partial charge in [0, 0.05) is 12.6 Å². The summed E-state index contributed by atoms with van der Waals surface area (Å²) in [6.45, 7) is 2.30. The first-order chi connectivity index (χ1) is 12.9. The van der Waals surface area contributed by atoms with E-state index in [1.165, 1.54) is 0 Å². The van der Waals surface area contributed by atoms with E-state index in [0.717, 1.165) is 6.08 Å². The van der Waals surface area contributed by atoms with Crippen LogP contribution in [0.15, 0.2) is 12.7 Å². The summed E-state index contributed by atoms with van der Waals surface area (Å²) in [4.78, 5) is 12.3. The second-order valence-corrected chi connectivity index (χ2v) is 6.32. The minimum Gasteiger partial charge on any atom is -0.331 e. The van der Waals surface area contributed by atoms with Crippen molar-refractivity contribution < 1.29 is 57.8 Å². The lowest BCUT2D eigenvalue weighted by Gasteiger charge is -2.40. The number of nitrogens with zero attached hydrogens (tertiary/aromatic N) is 1. The maximum Gasteiger partial charge on any atom is 0.462 e. The molecule has 0 aromatic heterocycles. The molecular formula is C15H16F11NO2. The first kappa shape index (κ1) is 25.4. The summed E-state index contributed by atoms with van der Waals surface area (Å²) in [5, 5.41) is 0. The number of rotatable bonds is 7. The van der Waals surface area contributed by atoms with Gasteiger partial charge in [0.2, 0.25) is 0 Å². The fourth-order valence-electron chi connectivity index (χ4n) is 2.74. The first-order valence-electron chi connectivity index (χ1n) is 8.12. The standard InChI is InChI=1S/C15H16F11NO2/c1-2-8-27(9-6-4-3-5-7-9)10(28)11(16,13(19,20)21)29-15(25,26)12(17,18)14(22,23)24/h2,9H,1,3-8H2. The van der Waals surface area contributed by atoms with Crippen LogP contribution in [-0.2, 0) is 9.53 Å². The molecule has 3 nitrogen and oxygen atoms in total. The van der Waals surface area contributed by atoms with Crippen LogP contribution in [0.2, 0.25) is 0 Å². The van der Waals surface area contributed by atoms with Crippen molar-refractivity contribution in [3.05, 3.63) is 12.7 Å². The van der Waals surface area contributed by atoms with Crippen LogP contribution in [-0.4, -0.2) is 53.6 Å². The van der Waals surface area contributed by atoms with Gasteiger partial charge < -0.3 is 4.90 Å². The highest BCUT2D eigenvalue weighted by molar-refractivity contribution is 5.85. The Balaban J connectivity index is 3.38. The van der Waals surface area contributed by atoms with E-state index in [9.17, 15) is 53.1 Å². The van der Waals surface area contributed by atoms with Gasteiger partial charge in [-0.15, -0.1) is 6.58 Å². The van der Waals surface area contributed by atoms with Gasteiger partial charge in [0.05, 0.1) is 0 Å². The molecule has 29 heavy (non-hydrogen) atoms. The van der Waals surface area contributed by atoms with E-state index in [1.54, 1.807) is 0 Å². The van der Waals surface area contributed by atoms with Crippen molar-refractivity contribution in [1.29, 1.82) is 0 Å². The maximum atomic E-state index is 14.5. The second-order valence-electron chi connectivity index (χ2n) is 6.32. The predicted molar refractivity (Wildman–Crippen MR) is 75.7 cm³/mol. The average Bonchev–Trinajstić information content (AvgIpc) is 2.57. The van der Waals surface area contributed by atoms with E-state index < -0.39 is 48.7 Å². The molecule has 1 saturated carbocycles. The van der Waals surface area contributed by atoms with Crippen molar-refractivity contribution in [2.24, 2.45) is 0 Å². The third-order valence-electron chi connectivity index (χ3n) is 4.23. The minimum absolute atomic E-state index is 0.0304. The largest absolute Gasteiger partial charge is 0.462 e. The fourth-order valence-corrected chi connectivity index (χ4v) is 2.74. The van der Waals surface area contributed by atoms with E-state index in [1.807, 2.05) is 0 Å². The minimum atomic E-state index is -7.21. The van der Waals surface area contributed by atoms with Crippen LogP contribution in [0.5, 0.6) is 0 Å². The van der Waals surface area contributed by atoms with Gasteiger partial charge in [-0.05, 0) is 12.8 Å². The lowest BCUT2D eigenvalue weighted by Crippen LogP contribution is -2.65. The highest BCUT2D eigenvalue weighted by Crippen LogP contribution is 2.51. The molecule has 1 aliphatic rings. The Kier molecular flexibility index (Phi) is 7.25. The zero-order valence-electron chi connectivity index (χ0n) is 14.5. The fraction of sp³-hybridized carbons (Fsp3) is 0.800. The van der Waals surface area contributed by atoms with E-state index in [2.05, 4.69) is 11.3 Å². The molecule has 1 unspecified atom stereocenters. The smallest absolute Gasteiger partial charge is 0.331 e. The van der Waals surface area contributed by atoms with Gasteiger partial charge in [0.25, 0.3) is 5.91 Å². The summed E-state index contributed by atoms with van der Waals surface area (Å²) < 4.78 is 145. The predicted octanol–water partition coefficient (Wildman–Crippen LogP) is 5.37. The number of amides is 1. The molecule has 0 radical (unpaired) electrons. The molecule has 14 heteroatoms. The van der Waals surface area contributed by atoms with Crippen LogP contribution in [0, 0.1) is 0 Å². The molecule has 0 aromatic carbocycles. The summed E-state index contributed by atoms with van der Waals surface area (Å²) in [6.07, 6.45) is -18.6. The second kappa shape index (κ2) is 8.26. The number of hydrogen-bond donors (Lipinski definition) is 0. The molecule has 1 rings (SSSR count). The molecule has 0 aliphatic heterocycles. The van der Waals surface area contributed by atoms with Crippen LogP contribution >= 0.6 is 0 Å². The maximum absolute atomic E-state index is 14.5. The first-order valence-corrected chi connectivity index (χ1v) is 8.12. The van der Waals surface area contributed by atoms with Gasteiger partial charge >= 0.3 is 30.2 Å². The Morgan fingerprint density at radius 3 is 1.76 bits per heavy atom. The molecule has 0 bridgehead atoms. The zero-order valence-corrected chi connectivity index (χ0v) is 14.5. The lowest BCUT2D eigenvalue weighted by atomic mass is 9.93. The topological polar surface area (TPSA) is 29.5 Å². The summed E-state index contributed by atoms with van der Waals surface area (Å²) in [7, 11) is 0. The van der Waals surface area contributed by atoms with Gasteiger partial charge in [0.1, 0.15) is 0 Å². The average molecular weight is 451 g/mol. The van der Waals surface area contributed by atoms with Crippen LogP contribution in [0.4, 0.5) is 48.3 Å². The van der Waals surface area contributed by atoms with Gasteiger partial charge in [-0.2, -0.15) is 48.3 Å². The van der Waals surface area contributed by atoms with E-state index in [0.29, 0.717) is 19.3 Å². The molecule has 1 amide bonds. The van der Waals surface area contributed by atoms with Crippen molar-refractivity contribution in [1.82, 2.24) is 4.90 Å². The highest BCUT2D eigenvalue weighted by Gasteiger charge is 2.80. The van der Waals surface area contributed by atoms with E-state index in [4.69, 9.17) is 0 Å². The molecule has 0 aromatic rings. The van der Waals surface area contributed by atoms with Crippen LogP contribution in [0.1, 0.15) is 32.1 Å². The number of carbonyl (C=O) groups excluding carboxylic acids is 1. The monoisotopic (exact) mass is 451 g/mol. The normalized spacial score (nSPS) is 19.6. The van der Waals surface area contributed by atoms with Crippen molar-refractivity contribution in [3.63, 3.8) is 0 Å². The zero-order chi connectivity index (χ0) is 22.9. The summed E-state index contributed by atoms with van der Waals surface area (Å²) >= 11 is 0. The van der Waals surface area contributed by atoms with E-state index in [-0.39, 0.29) is 17.7 Å². The Labute approximate surface area is 157 Å². The van der Waals surface area contributed by atoms with Gasteiger partial charge in [-0.25, -0.2) is 0 Å². The third-order valence-corrected chi connectivity index (χ3v) is 4.23. The van der Waals surface area contributed by atoms with Crippen molar-refractivity contribution in [2.75, 3.05) is 6.54 Å². The third kappa shape index (κ3) is 4.94. The molecule has 0 spiro atoms. The Morgan fingerprint density at radius 1 is 0.897 bits per heavy atom. The quantitative estimate of drug-likeness (QED) is 0.385. The molecule has 0 saturated heterocycles. The number of hydrogen-bond acceptors (Lipinski definition) is 2. The number of ether oxygens (including phenoxy) is 1. The van der Waals surface area contributed by atoms with Gasteiger partial charge in [-0.1, -0.05) is 25.3 Å². The Bertz CT molecular complexity index is 596. The summed E-state index contributed by atoms with van der Waals surface area (Å²) in [6, 6.07) is -1.10. The van der Waals surface area contributed by atoms with Gasteiger partial charge in [0.15, 0.2) is 0 Å². The van der Waals surface area contributed by atoms with Crippen molar-refractivity contribution >= 4 is 5.91 Å². The van der Waals surface area contributed by atoms with Crippen molar-refractivity contribution in [2.45, 2.75) is 68.4 Å². The summed E-state index contributed by atoms with van der Waals surface area (Å²) in [5.41, 5.74) is 0. The van der Waals surface area contributed by atoms with Gasteiger partial charge in [-0.3, -0.25) is 9.53 Å². The van der Waals surface area contributed by atoms with Crippen LogP contribution in [0.25, 0.3) is 0 Å². The highest BCUT2D eigenvalue weighted by atomic mass is 19.4. The van der Waals surface area contributed by atoms with Crippen LogP contribution in [0.3, 0.4) is 0 Å². The molecule has 0 N–H and O–H groups in total. The molecule has 1 aliphatic carbocycles. The Hall–Kier alpha value is -1.60. The molecule has 1 fully saturated rings.